The largest absolute Gasteiger partial charge is 0.444 e. The summed E-state index contributed by atoms with van der Waals surface area (Å²) in [6, 6.07) is 6.89. The second-order valence-corrected chi connectivity index (χ2v) is 6.28. The van der Waals surface area contributed by atoms with Gasteiger partial charge in [-0.15, -0.1) is 6.42 Å². The van der Waals surface area contributed by atoms with Gasteiger partial charge in [0.15, 0.2) is 0 Å². The molecule has 1 aliphatic rings. The molecule has 2 rings (SSSR count). The van der Waals surface area contributed by atoms with E-state index in [0.717, 1.165) is 0 Å². The fraction of sp³-hybridized carbons (Fsp3) is 0.412. The van der Waals surface area contributed by atoms with Gasteiger partial charge in [0.2, 0.25) is 0 Å². The zero-order valence-corrected chi connectivity index (χ0v) is 13.1. The maximum atomic E-state index is 12.3. The van der Waals surface area contributed by atoms with Crippen molar-refractivity contribution in [3.63, 3.8) is 0 Å². The number of carbonyl (C=O) groups is 2. The van der Waals surface area contributed by atoms with Crippen molar-refractivity contribution in [3.05, 3.63) is 35.4 Å². The third kappa shape index (κ3) is 4.01. The predicted octanol–water partition coefficient (Wildman–Crippen LogP) is 2.02. The Bertz CT molecular complexity index is 620. The van der Waals surface area contributed by atoms with Gasteiger partial charge in [0, 0.05) is 24.2 Å². The first-order valence-electron chi connectivity index (χ1n) is 7.14. The number of alkyl carbamates (subject to hydrolysis) is 1. The van der Waals surface area contributed by atoms with Crippen LogP contribution < -0.4 is 5.32 Å². The first-order valence-corrected chi connectivity index (χ1v) is 7.14. The second kappa shape index (κ2) is 6.10. The normalized spacial score (nSPS) is 14.7. The molecule has 0 bridgehead atoms. The number of rotatable bonds is 2. The van der Waals surface area contributed by atoms with Crippen LogP contribution in [0.1, 0.15) is 36.7 Å². The number of hydrogen-bond acceptors (Lipinski definition) is 3. The van der Waals surface area contributed by atoms with Crippen LogP contribution in [-0.2, 0) is 4.74 Å². The average Bonchev–Trinajstić information content (AvgIpc) is 2.40. The topological polar surface area (TPSA) is 58.6 Å². The van der Waals surface area contributed by atoms with E-state index in [2.05, 4.69) is 11.2 Å². The molecule has 0 radical (unpaired) electrons. The maximum Gasteiger partial charge on any atom is 0.407 e. The van der Waals surface area contributed by atoms with E-state index >= 15 is 0 Å². The molecule has 1 aromatic rings. The van der Waals surface area contributed by atoms with E-state index < -0.39 is 11.7 Å². The molecule has 0 unspecified atom stereocenters. The van der Waals surface area contributed by atoms with Crippen LogP contribution in [0.3, 0.4) is 0 Å². The number of nitrogens with one attached hydrogen (secondary N) is 1. The minimum Gasteiger partial charge on any atom is -0.444 e. The van der Waals surface area contributed by atoms with E-state index in [1.807, 2.05) is 20.8 Å². The molecule has 0 atom stereocenters. The van der Waals surface area contributed by atoms with Crippen molar-refractivity contribution in [3.8, 4) is 12.3 Å². The number of hydrogen-bond donors (Lipinski definition) is 1. The van der Waals surface area contributed by atoms with Gasteiger partial charge in [0.05, 0.1) is 6.04 Å². The van der Waals surface area contributed by atoms with Crippen LogP contribution in [0.15, 0.2) is 24.3 Å². The number of ether oxygens (including phenoxy) is 1. The monoisotopic (exact) mass is 300 g/mol. The van der Waals surface area contributed by atoms with E-state index in [0.29, 0.717) is 24.2 Å². The number of benzene rings is 1. The summed E-state index contributed by atoms with van der Waals surface area (Å²) >= 11 is 0. The zero-order chi connectivity index (χ0) is 16.3. The summed E-state index contributed by atoms with van der Waals surface area (Å²) in [5.41, 5.74) is 0.708. The molecule has 22 heavy (non-hydrogen) atoms. The third-order valence-corrected chi connectivity index (χ3v) is 3.17. The molecule has 2 amide bonds. The van der Waals surface area contributed by atoms with Crippen LogP contribution in [0.2, 0.25) is 0 Å². The third-order valence-electron chi connectivity index (χ3n) is 3.17. The molecule has 1 aliphatic heterocycles. The SMILES string of the molecule is C#Cc1cccc(C(=O)N2CC(NC(=O)OC(C)(C)C)C2)c1. The molecule has 116 valence electrons. The molecule has 1 N–H and O–H groups in total. The lowest BCUT2D eigenvalue weighted by Gasteiger charge is -2.39. The molecule has 0 aromatic heterocycles. The minimum absolute atomic E-state index is 0.0744. The second-order valence-electron chi connectivity index (χ2n) is 6.28. The molecule has 1 saturated heterocycles. The molecule has 5 heteroatoms. The van der Waals surface area contributed by atoms with E-state index in [9.17, 15) is 9.59 Å². The number of amides is 2. The Balaban J connectivity index is 1.85. The first-order chi connectivity index (χ1) is 10.3. The highest BCUT2D eigenvalue weighted by Crippen LogP contribution is 2.15. The van der Waals surface area contributed by atoms with Crippen LogP contribution in [-0.4, -0.2) is 41.6 Å². The summed E-state index contributed by atoms with van der Waals surface area (Å²) in [7, 11) is 0. The Kier molecular flexibility index (Phi) is 4.41. The number of likely N-dealkylation sites (tertiary alicyclic amines) is 1. The van der Waals surface area contributed by atoms with Crippen LogP contribution in [0.4, 0.5) is 4.79 Å². The molecule has 0 saturated carbocycles. The van der Waals surface area contributed by atoms with Crippen molar-refractivity contribution in [2.24, 2.45) is 0 Å². The van der Waals surface area contributed by atoms with Gasteiger partial charge in [-0.1, -0.05) is 12.0 Å². The molecule has 0 aliphatic carbocycles. The summed E-state index contributed by atoms with van der Waals surface area (Å²) in [5.74, 6) is 2.43. The van der Waals surface area contributed by atoms with E-state index in [4.69, 9.17) is 11.2 Å². The molecule has 1 heterocycles. The highest BCUT2D eigenvalue weighted by Gasteiger charge is 2.33. The molecule has 1 fully saturated rings. The van der Waals surface area contributed by atoms with Crippen molar-refractivity contribution < 1.29 is 14.3 Å². The maximum absolute atomic E-state index is 12.3. The summed E-state index contributed by atoms with van der Waals surface area (Å²) < 4.78 is 5.18. The molecular weight excluding hydrogens is 280 g/mol. The highest BCUT2D eigenvalue weighted by atomic mass is 16.6. The predicted molar refractivity (Wildman–Crippen MR) is 83.4 cm³/mol. The lowest BCUT2D eigenvalue weighted by Crippen LogP contribution is -2.61. The van der Waals surface area contributed by atoms with E-state index in [-0.39, 0.29) is 11.9 Å². The summed E-state index contributed by atoms with van der Waals surface area (Å²) in [6.45, 7) is 6.36. The van der Waals surface area contributed by atoms with Gasteiger partial charge < -0.3 is 15.0 Å². The number of carbonyl (C=O) groups excluding carboxylic acids is 2. The molecule has 0 spiro atoms. The summed E-state index contributed by atoms with van der Waals surface area (Å²) in [5, 5.41) is 2.74. The fourth-order valence-electron chi connectivity index (χ4n) is 2.13. The van der Waals surface area contributed by atoms with Crippen LogP contribution in [0, 0.1) is 12.3 Å². The minimum atomic E-state index is -0.529. The van der Waals surface area contributed by atoms with Crippen molar-refractivity contribution >= 4 is 12.0 Å². The smallest absolute Gasteiger partial charge is 0.407 e. The van der Waals surface area contributed by atoms with Crippen LogP contribution in [0.25, 0.3) is 0 Å². The Hall–Kier alpha value is -2.48. The van der Waals surface area contributed by atoms with Crippen molar-refractivity contribution in [1.29, 1.82) is 0 Å². The fourth-order valence-corrected chi connectivity index (χ4v) is 2.13. The highest BCUT2D eigenvalue weighted by molar-refractivity contribution is 5.95. The quantitative estimate of drug-likeness (QED) is 0.850. The average molecular weight is 300 g/mol. The molecule has 1 aromatic carbocycles. The van der Waals surface area contributed by atoms with Crippen LogP contribution >= 0.6 is 0 Å². The number of nitrogens with zero attached hydrogens (tertiary/aromatic N) is 1. The lowest BCUT2D eigenvalue weighted by atomic mass is 10.1. The Morgan fingerprint density at radius 3 is 2.64 bits per heavy atom. The Labute approximate surface area is 130 Å². The summed E-state index contributed by atoms with van der Waals surface area (Å²) in [4.78, 5) is 25.6. The van der Waals surface area contributed by atoms with Gasteiger partial charge in [0.1, 0.15) is 5.60 Å². The lowest BCUT2D eigenvalue weighted by molar-refractivity contribution is 0.0359. The van der Waals surface area contributed by atoms with Crippen molar-refractivity contribution in [2.75, 3.05) is 13.1 Å². The van der Waals surface area contributed by atoms with Gasteiger partial charge >= 0.3 is 6.09 Å². The van der Waals surface area contributed by atoms with Gasteiger partial charge in [0.25, 0.3) is 5.91 Å². The molecule has 5 nitrogen and oxygen atoms in total. The van der Waals surface area contributed by atoms with Crippen LogP contribution in [0.5, 0.6) is 0 Å². The van der Waals surface area contributed by atoms with Gasteiger partial charge in [-0.25, -0.2) is 4.79 Å². The zero-order valence-electron chi connectivity index (χ0n) is 13.1. The summed E-state index contributed by atoms with van der Waals surface area (Å²) in [6.07, 6.45) is 4.87. The molecular formula is C17H20N2O3. The van der Waals surface area contributed by atoms with Gasteiger partial charge in [-0.05, 0) is 39.0 Å². The van der Waals surface area contributed by atoms with Crippen molar-refractivity contribution in [1.82, 2.24) is 10.2 Å². The standard InChI is InChI=1S/C17H20N2O3/c1-5-12-7-6-8-13(9-12)15(20)19-10-14(11-19)18-16(21)22-17(2,3)4/h1,6-9,14H,10-11H2,2-4H3,(H,18,21). The van der Waals surface area contributed by atoms with Crippen molar-refractivity contribution in [2.45, 2.75) is 32.4 Å². The Morgan fingerprint density at radius 1 is 1.36 bits per heavy atom. The van der Waals surface area contributed by atoms with E-state index in [1.54, 1.807) is 29.2 Å². The first kappa shape index (κ1) is 15.9. The Morgan fingerprint density at radius 2 is 2.05 bits per heavy atom. The van der Waals surface area contributed by atoms with Gasteiger partial charge in [-0.3, -0.25) is 4.79 Å². The van der Waals surface area contributed by atoms with Gasteiger partial charge in [-0.2, -0.15) is 0 Å². The van der Waals surface area contributed by atoms with E-state index in [1.165, 1.54) is 0 Å². The number of terminal acetylenes is 1.